The van der Waals surface area contributed by atoms with Crippen molar-refractivity contribution in [3.05, 3.63) is 0 Å². The van der Waals surface area contributed by atoms with Crippen LogP contribution in [-0.4, -0.2) is 25.0 Å². The standard InChI is InChI=1S/C10H18N2O/c1-4-5-6-7-11-8-10(13)12-9(2)3/h1,9,11H,5-8H2,2-3H3,(H,12,13). The number of hydrogen-bond donors (Lipinski definition) is 2. The second-order valence-electron chi connectivity index (χ2n) is 3.21. The van der Waals surface area contributed by atoms with Gasteiger partial charge in [0.15, 0.2) is 0 Å². The van der Waals surface area contributed by atoms with Crippen molar-refractivity contribution in [3.8, 4) is 12.3 Å². The molecule has 0 atom stereocenters. The van der Waals surface area contributed by atoms with Crippen molar-refractivity contribution in [2.24, 2.45) is 0 Å². The Kier molecular flexibility index (Phi) is 7.04. The van der Waals surface area contributed by atoms with Gasteiger partial charge in [-0.25, -0.2) is 0 Å². The SMILES string of the molecule is C#CCCCNCC(=O)NC(C)C. The first-order chi connectivity index (χ1) is 6.16. The molecule has 0 unspecified atom stereocenters. The van der Waals surface area contributed by atoms with Crippen molar-refractivity contribution < 1.29 is 4.79 Å². The first-order valence-corrected chi connectivity index (χ1v) is 4.60. The maximum atomic E-state index is 11.1. The lowest BCUT2D eigenvalue weighted by Crippen LogP contribution is -2.37. The molecule has 74 valence electrons. The smallest absolute Gasteiger partial charge is 0.234 e. The van der Waals surface area contributed by atoms with Crippen LogP contribution in [0.5, 0.6) is 0 Å². The van der Waals surface area contributed by atoms with Crippen molar-refractivity contribution in [3.63, 3.8) is 0 Å². The average molecular weight is 182 g/mol. The van der Waals surface area contributed by atoms with E-state index in [1.807, 2.05) is 13.8 Å². The Bertz CT molecular complexity index is 182. The minimum absolute atomic E-state index is 0.0377. The molecule has 0 spiro atoms. The molecule has 0 aliphatic heterocycles. The summed E-state index contributed by atoms with van der Waals surface area (Å²) in [4.78, 5) is 11.1. The Balaban J connectivity index is 3.23. The van der Waals surface area contributed by atoms with E-state index in [1.165, 1.54) is 0 Å². The molecule has 0 rings (SSSR count). The zero-order chi connectivity index (χ0) is 10.1. The third kappa shape index (κ3) is 8.90. The van der Waals surface area contributed by atoms with Gasteiger partial charge in [-0.2, -0.15) is 0 Å². The number of carbonyl (C=O) groups excluding carboxylic acids is 1. The van der Waals surface area contributed by atoms with Gasteiger partial charge in [0.2, 0.25) is 5.91 Å². The van der Waals surface area contributed by atoms with Crippen LogP contribution in [0.3, 0.4) is 0 Å². The first-order valence-electron chi connectivity index (χ1n) is 4.60. The fraction of sp³-hybridized carbons (Fsp3) is 0.700. The third-order valence-corrected chi connectivity index (χ3v) is 1.41. The Morgan fingerprint density at radius 2 is 2.23 bits per heavy atom. The lowest BCUT2D eigenvalue weighted by atomic mass is 10.3. The third-order valence-electron chi connectivity index (χ3n) is 1.41. The Labute approximate surface area is 80.3 Å². The van der Waals surface area contributed by atoms with Gasteiger partial charge < -0.3 is 10.6 Å². The molecule has 0 aromatic rings. The van der Waals surface area contributed by atoms with Gasteiger partial charge in [-0.05, 0) is 26.8 Å². The predicted octanol–water partition coefficient (Wildman–Crippen LogP) is 0.514. The van der Waals surface area contributed by atoms with Gasteiger partial charge in [-0.15, -0.1) is 12.3 Å². The van der Waals surface area contributed by atoms with Crippen molar-refractivity contribution in [1.82, 2.24) is 10.6 Å². The first kappa shape index (κ1) is 12.0. The molecular weight excluding hydrogens is 164 g/mol. The zero-order valence-corrected chi connectivity index (χ0v) is 8.39. The van der Waals surface area contributed by atoms with E-state index < -0.39 is 0 Å². The van der Waals surface area contributed by atoms with Gasteiger partial charge in [0.05, 0.1) is 6.54 Å². The topological polar surface area (TPSA) is 41.1 Å². The van der Waals surface area contributed by atoms with Gasteiger partial charge >= 0.3 is 0 Å². The second-order valence-corrected chi connectivity index (χ2v) is 3.21. The summed E-state index contributed by atoms with van der Waals surface area (Å²) in [5, 5.41) is 5.81. The van der Waals surface area contributed by atoms with Crippen molar-refractivity contribution in [2.75, 3.05) is 13.1 Å². The normalized spacial score (nSPS) is 9.69. The highest BCUT2D eigenvalue weighted by atomic mass is 16.1. The molecule has 0 aromatic carbocycles. The van der Waals surface area contributed by atoms with Gasteiger partial charge in [-0.1, -0.05) is 0 Å². The lowest BCUT2D eigenvalue weighted by molar-refractivity contribution is -0.120. The molecule has 0 heterocycles. The summed E-state index contributed by atoms with van der Waals surface area (Å²) in [6, 6.07) is 0.208. The van der Waals surface area contributed by atoms with Crippen LogP contribution in [0.15, 0.2) is 0 Å². The fourth-order valence-corrected chi connectivity index (χ4v) is 0.890. The van der Waals surface area contributed by atoms with Crippen LogP contribution in [0.4, 0.5) is 0 Å². The van der Waals surface area contributed by atoms with Gasteiger partial charge in [0.25, 0.3) is 0 Å². The summed E-state index contributed by atoms with van der Waals surface area (Å²) in [7, 11) is 0. The van der Waals surface area contributed by atoms with Crippen LogP contribution in [0.1, 0.15) is 26.7 Å². The molecule has 0 aliphatic rings. The Morgan fingerprint density at radius 3 is 2.77 bits per heavy atom. The number of amides is 1. The molecule has 0 aliphatic carbocycles. The minimum atomic E-state index is 0.0377. The summed E-state index contributed by atoms with van der Waals surface area (Å²) >= 11 is 0. The maximum Gasteiger partial charge on any atom is 0.234 e. The van der Waals surface area contributed by atoms with E-state index in [1.54, 1.807) is 0 Å². The molecule has 0 aromatic heterocycles. The summed E-state index contributed by atoms with van der Waals surface area (Å²) in [5.41, 5.74) is 0. The molecule has 0 fully saturated rings. The average Bonchev–Trinajstić information content (AvgIpc) is 2.02. The van der Waals surface area contributed by atoms with Gasteiger partial charge in [0.1, 0.15) is 0 Å². The molecule has 3 heteroatoms. The Hall–Kier alpha value is -1.01. The quantitative estimate of drug-likeness (QED) is 0.464. The largest absolute Gasteiger partial charge is 0.353 e. The number of terminal acetylenes is 1. The molecule has 0 saturated heterocycles. The second kappa shape index (κ2) is 7.63. The monoisotopic (exact) mass is 182 g/mol. The lowest BCUT2D eigenvalue weighted by Gasteiger charge is -2.08. The summed E-state index contributed by atoms with van der Waals surface area (Å²) < 4.78 is 0. The highest BCUT2D eigenvalue weighted by molar-refractivity contribution is 5.78. The molecule has 13 heavy (non-hydrogen) atoms. The number of carbonyl (C=O) groups is 1. The Morgan fingerprint density at radius 1 is 1.54 bits per heavy atom. The van der Waals surface area contributed by atoms with Gasteiger partial charge in [-0.3, -0.25) is 4.79 Å². The van der Waals surface area contributed by atoms with Crippen molar-refractivity contribution in [2.45, 2.75) is 32.7 Å². The molecule has 0 saturated carbocycles. The van der Waals surface area contributed by atoms with Crippen molar-refractivity contribution >= 4 is 5.91 Å². The van der Waals surface area contributed by atoms with Crippen LogP contribution in [-0.2, 0) is 4.79 Å². The van der Waals surface area contributed by atoms with E-state index in [4.69, 9.17) is 6.42 Å². The maximum absolute atomic E-state index is 11.1. The predicted molar refractivity (Wildman–Crippen MR) is 54.2 cm³/mol. The number of rotatable bonds is 6. The van der Waals surface area contributed by atoms with E-state index in [9.17, 15) is 4.79 Å². The molecule has 3 nitrogen and oxygen atoms in total. The summed E-state index contributed by atoms with van der Waals surface area (Å²) in [5.74, 6) is 2.59. The van der Waals surface area contributed by atoms with E-state index >= 15 is 0 Å². The molecular formula is C10H18N2O. The van der Waals surface area contributed by atoms with Crippen LogP contribution < -0.4 is 10.6 Å². The van der Waals surface area contributed by atoms with Crippen LogP contribution in [0.2, 0.25) is 0 Å². The van der Waals surface area contributed by atoms with Gasteiger partial charge in [0, 0.05) is 12.5 Å². The highest BCUT2D eigenvalue weighted by Gasteiger charge is 2.00. The number of unbranched alkanes of at least 4 members (excludes halogenated alkanes) is 1. The van der Waals surface area contributed by atoms with E-state index in [2.05, 4.69) is 16.6 Å². The van der Waals surface area contributed by atoms with Crippen LogP contribution >= 0.6 is 0 Å². The van der Waals surface area contributed by atoms with E-state index in [0.29, 0.717) is 6.54 Å². The minimum Gasteiger partial charge on any atom is -0.353 e. The molecule has 0 bridgehead atoms. The number of hydrogen-bond acceptors (Lipinski definition) is 2. The fourth-order valence-electron chi connectivity index (χ4n) is 0.890. The molecule has 1 amide bonds. The van der Waals surface area contributed by atoms with Crippen LogP contribution in [0, 0.1) is 12.3 Å². The molecule has 2 N–H and O–H groups in total. The van der Waals surface area contributed by atoms with E-state index in [-0.39, 0.29) is 11.9 Å². The highest BCUT2D eigenvalue weighted by Crippen LogP contribution is 1.82. The zero-order valence-electron chi connectivity index (χ0n) is 8.39. The van der Waals surface area contributed by atoms with Crippen LogP contribution in [0.25, 0.3) is 0 Å². The summed E-state index contributed by atoms with van der Waals surface area (Å²) in [6.45, 7) is 5.06. The van der Waals surface area contributed by atoms with E-state index in [0.717, 1.165) is 19.4 Å². The molecule has 0 radical (unpaired) electrons. The summed E-state index contributed by atoms with van der Waals surface area (Å²) in [6.07, 6.45) is 6.76. The van der Waals surface area contributed by atoms with Crippen molar-refractivity contribution in [1.29, 1.82) is 0 Å². The number of nitrogens with one attached hydrogen (secondary N) is 2.